The fourth-order valence-electron chi connectivity index (χ4n) is 4.36. The maximum Gasteiger partial charge on any atom is 0.236 e. The molecule has 1 aromatic heterocycles. The Morgan fingerprint density at radius 3 is 2.19 bits per heavy atom. The number of carbonyl (C=O) groups excluding carboxylic acids is 1. The van der Waals surface area contributed by atoms with Gasteiger partial charge in [-0.15, -0.1) is 24.0 Å². The number of halogens is 1. The number of nitrogens with one attached hydrogen (secondary N) is 1. The Balaban J connectivity index is 0.00000341. The monoisotopic (exact) mass is 545 g/mol. The van der Waals surface area contributed by atoms with Crippen molar-refractivity contribution in [2.24, 2.45) is 12.0 Å². The molecule has 2 saturated heterocycles. The minimum absolute atomic E-state index is 0. The van der Waals surface area contributed by atoms with Crippen LogP contribution < -0.4 is 5.32 Å². The van der Waals surface area contributed by atoms with E-state index in [4.69, 9.17) is 4.99 Å². The van der Waals surface area contributed by atoms with Gasteiger partial charge in [-0.2, -0.15) is 5.10 Å². The molecule has 3 rings (SSSR count). The number of rotatable bonds is 5. The summed E-state index contributed by atoms with van der Waals surface area (Å²) < 4.78 is 1.92. The summed E-state index contributed by atoms with van der Waals surface area (Å²) in [5.74, 6) is 1.26. The van der Waals surface area contributed by atoms with Gasteiger partial charge in [0.1, 0.15) is 0 Å². The number of hydrogen-bond acceptors (Lipinski definition) is 4. The molecular formula is C22H40IN7O. The number of aromatic nitrogens is 2. The predicted molar refractivity (Wildman–Crippen MR) is 136 cm³/mol. The third-order valence-corrected chi connectivity index (χ3v) is 6.37. The highest BCUT2D eigenvalue weighted by Gasteiger charge is 2.24. The van der Waals surface area contributed by atoms with E-state index in [-0.39, 0.29) is 24.0 Å². The van der Waals surface area contributed by atoms with Crippen molar-refractivity contribution in [3.63, 3.8) is 0 Å². The number of aryl methyl sites for hydroxylation is 2. The zero-order valence-electron chi connectivity index (χ0n) is 19.7. The van der Waals surface area contributed by atoms with E-state index in [9.17, 15) is 4.79 Å². The molecule has 0 aromatic carbocycles. The molecule has 2 fully saturated rings. The van der Waals surface area contributed by atoms with Crippen molar-refractivity contribution in [1.82, 2.24) is 29.8 Å². The van der Waals surface area contributed by atoms with Crippen LogP contribution in [0.25, 0.3) is 0 Å². The fraction of sp³-hybridized carbons (Fsp3) is 0.773. The second-order valence-electron chi connectivity index (χ2n) is 8.50. The zero-order valence-corrected chi connectivity index (χ0v) is 22.0. The standard InChI is InChI=1S/C22H39N7O.HI/c1-5-23-22(24-16-20-18(2)25-26(4)19(20)3)29-14-12-27(13-15-29)17-21(30)28-10-8-6-7-9-11-28;/h5-17H2,1-4H3,(H,23,24);1H. The topological polar surface area (TPSA) is 69.0 Å². The van der Waals surface area contributed by atoms with Crippen molar-refractivity contribution in [2.45, 2.75) is 53.0 Å². The molecule has 1 N–H and O–H groups in total. The third kappa shape index (κ3) is 7.06. The van der Waals surface area contributed by atoms with E-state index in [1.807, 2.05) is 18.7 Å². The molecule has 0 radical (unpaired) electrons. The largest absolute Gasteiger partial charge is 0.357 e. The van der Waals surface area contributed by atoms with E-state index in [1.165, 1.54) is 24.1 Å². The van der Waals surface area contributed by atoms with Gasteiger partial charge in [-0.25, -0.2) is 4.99 Å². The molecule has 8 nitrogen and oxygen atoms in total. The maximum atomic E-state index is 12.7. The van der Waals surface area contributed by atoms with Gasteiger partial charge in [0, 0.05) is 64.1 Å². The van der Waals surface area contributed by atoms with E-state index in [0.717, 1.165) is 70.3 Å². The highest BCUT2D eigenvalue weighted by atomic mass is 127. The van der Waals surface area contributed by atoms with E-state index in [1.54, 1.807) is 0 Å². The Hall–Kier alpha value is -1.36. The summed E-state index contributed by atoms with van der Waals surface area (Å²) >= 11 is 0. The van der Waals surface area contributed by atoms with Crippen LogP contribution in [0.4, 0.5) is 0 Å². The molecule has 0 bridgehead atoms. The van der Waals surface area contributed by atoms with Gasteiger partial charge < -0.3 is 15.1 Å². The zero-order chi connectivity index (χ0) is 21.5. The van der Waals surface area contributed by atoms with Gasteiger partial charge in [-0.1, -0.05) is 12.8 Å². The van der Waals surface area contributed by atoms with Crippen molar-refractivity contribution >= 4 is 35.8 Å². The number of likely N-dealkylation sites (tertiary alicyclic amines) is 1. The number of carbonyl (C=O) groups is 1. The maximum absolute atomic E-state index is 12.7. The van der Waals surface area contributed by atoms with E-state index >= 15 is 0 Å². The van der Waals surface area contributed by atoms with Crippen molar-refractivity contribution < 1.29 is 4.79 Å². The highest BCUT2D eigenvalue weighted by molar-refractivity contribution is 14.0. The highest BCUT2D eigenvalue weighted by Crippen LogP contribution is 2.14. The lowest BCUT2D eigenvalue weighted by atomic mass is 10.2. The Morgan fingerprint density at radius 1 is 1.00 bits per heavy atom. The summed E-state index contributed by atoms with van der Waals surface area (Å²) in [6.45, 7) is 13.7. The summed E-state index contributed by atoms with van der Waals surface area (Å²) in [7, 11) is 1.98. The number of guanidine groups is 1. The molecule has 0 spiro atoms. The molecule has 0 saturated carbocycles. The van der Waals surface area contributed by atoms with Crippen molar-refractivity contribution in [3.05, 3.63) is 17.0 Å². The number of hydrogen-bond donors (Lipinski definition) is 1. The molecule has 1 aromatic rings. The Bertz CT molecular complexity index is 732. The predicted octanol–water partition coefficient (Wildman–Crippen LogP) is 2.14. The van der Waals surface area contributed by atoms with Gasteiger partial charge in [0.25, 0.3) is 0 Å². The van der Waals surface area contributed by atoms with Gasteiger partial charge in [0.2, 0.25) is 5.91 Å². The third-order valence-electron chi connectivity index (χ3n) is 6.37. The van der Waals surface area contributed by atoms with Crippen LogP contribution in [0.2, 0.25) is 0 Å². The quantitative estimate of drug-likeness (QED) is 0.349. The summed E-state index contributed by atoms with van der Waals surface area (Å²) in [5.41, 5.74) is 3.42. The minimum Gasteiger partial charge on any atom is -0.357 e. The average molecular weight is 546 g/mol. The lowest BCUT2D eigenvalue weighted by Crippen LogP contribution is -2.54. The molecule has 176 valence electrons. The van der Waals surface area contributed by atoms with Crippen molar-refractivity contribution in [1.29, 1.82) is 0 Å². The van der Waals surface area contributed by atoms with Crippen LogP contribution in [0.1, 0.15) is 49.6 Å². The molecular weight excluding hydrogens is 505 g/mol. The second kappa shape index (κ2) is 12.6. The summed E-state index contributed by atoms with van der Waals surface area (Å²) in [6, 6.07) is 0. The van der Waals surface area contributed by atoms with E-state index in [0.29, 0.717) is 19.0 Å². The summed E-state index contributed by atoms with van der Waals surface area (Å²) in [4.78, 5) is 24.3. The van der Waals surface area contributed by atoms with Crippen molar-refractivity contribution in [3.8, 4) is 0 Å². The van der Waals surface area contributed by atoms with Crippen LogP contribution in [-0.2, 0) is 18.4 Å². The van der Waals surface area contributed by atoms with Crippen LogP contribution in [-0.4, -0.2) is 88.7 Å². The van der Waals surface area contributed by atoms with E-state index in [2.05, 4.69) is 39.0 Å². The molecule has 1 amide bonds. The normalized spacial score (nSPS) is 18.5. The Labute approximate surface area is 204 Å². The lowest BCUT2D eigenvalue weighted by Gasteiger charge is -2.37. The van der Waals surface area contributed by atoms with Crippen LogP contribution in [0.15, 0.2) is 4.99 Å². The van der Waals surface area contributed by atoms with Gasteiger partial charge in [-0.05, 0) is 33.6 Å². The molecule has 0 aliphatic carbocycles. The molecule has 0 atom stereocenters. The van der Waals surface area contributed by atoms with E-state index < -0.39 is 0 Å². The van der Waals surface area contributed by atoms with Gasteiger partial charge in [0.15, 0.2) is 5.96 Å². The number of amides is 1. The molecule has 2 aliphatic rings. The minimum atomic E-state index is 0. The lowest BCUT2D eigenvalue weighted by molar-refractivity contribution is -0.132. The van der Waals surface area contributed by atoms with Crippen LogP contribution in [0, 0.1) is 13.8 Å². The smallest absolute Gasteiger partial charge is 0.236 e. The average Bonchev–Trinajstić information content (AvgIpc) is 2.93. The molecule has 2 aliphatic heterocycles. The first kappa shape index (κ1) is 25.9. The second-order valence-corrected chi connectivity index (χ2v) is 8.50. The summed E-state index contributed by atoms with van der Waals surface area (Å²) in [5, 5.41) is 7.94. The first-order chi connectivity index (χ1) is 14.5. The van der Waals surface area contributed by atoms with Gasteiger partial charge >= 0.3 is 0 Å². The van der Waals surface area contributed by atoms with Crippen LogP contribution >= 0.6 is 24.0 Å². The fourth-order valence-corrected chi connectivity index (χ4v) is 4.36. The van der Waals surface area contributed by atoms with Crippen LogP contribution in [0.5, 0.6) is 0 Å². The number of nitrogens with zero attached hydrogens (tertiary/aromatic N) is 6. The van der Waals surface area contributed by atoms with Crippen LogP contribution in [0.3, 0.4) is 0 Å². The number of piperazine rings is 1. The molecule has 31 heavy (non-hydrogen) atoms. The summed E-state index contributed by atoms with van der Waals surface area (Å²) in [6.07, 6.45) is 4.82. The van der Waals surface area contributed by atoms with Gasteiger partial charge in [0.05, 0.1) is 18.8 Å². The Kier molecular flexibility index (Phi) is 10.5. The SMILES string of the molecule is CCNC(=NCc1c(C)nn(C)c1C)N1CCN(CC(=O)N2CCCCCC2)CC1.I. The molecule has 0 unspecified atom stereocenters. The first-order valence-electron chi connectivity index (χ1n) is 11.5. The molecule has 3 heterocycles. The Morgan fingerprint density at radius 2 is 1.65 bits per heavy atom. The molecule has 9 heteroatoms. The van der Waals surface area contributed by atoms with Crippen molar-refractivity contribution in [2.75, 3.05) is 52.4 Å². The number of aliphatic imine (C=N–C) groups is 1. The van der Waals surface area contributed by atoms with Gasteiger partial charge in [-0.3, -0.25) is 14.4 Å². The first-order valence-corrected chi connectivity index (χ1v) is 11.5.